The first kappa shape index (κ1) is 17.1. The molecule has 0 N–H and O–H groups in total. The molecule has 27 heavy (non-hydrogen) atoms. The fraction of sp³-hybridized carbons (Fsp3) is 0.304. The minimum Gasteiger partial charge on any atom is -0.485 e. The number of benzene rings is 2. The van der Waals surface area contributed by atoms with E-state index >= 15 is 0 Å². The van der Waals surface area contributed by atoms with E-state index < -0.39 is 10.7 Å². The van der Waals surface area contributed by atoms with Gasteiger partial charge in [-0.25, -0.2) is 0 Å². The lowest BCUT2D eigenvalue weighted by molar-refractivity contribution is -0.149. The smallest absolute Gasteiger partial charge is 0.164 e. The molecule has 4 aliphatic rings. The summed E-state index contributed by atoms with van der Waals surface area (Å²) in [6.45, 7) is 3.84. The molecule has 2 aromatic carbocycles. The van der Waals surface area contributed by atoms with Crippen molar-refractivity contribution in [2.24, 2.45) is 0 Å². The molecule has 3 heterocycles. The lowest BCUT2D eigenvalue weighted by Gasteiger charge is -2.47. The van der Waals surface area contributed by atoms with Crippen molar-refractivity contribution in [1.29, 1.82) is 0 Å². The van der Waals surface area contributed by atoms with Crippen LogP contribution in [0, 0.1) is 0 Å². The Labute approximate surface area is 164 Å². The number of alkyl halides is 1. The Morgan fingerprint density at radius 1 is 0.889 bits per heavy atom. The zero-order chi connectivity index (χ0) is 18.6. The molecular weight excluding hydrogens is 360 g/mol. The highest BCUT2D eigenvalue weighted by Gasteiger charge is 2.62. The fourth-order valence-corrected chi connectivity index (χ4v) is 4.60. The lowest BCUT2D eigenvalue weighted by Crippen LogP contribution is -2.57. The Bertz CT molecular complexity index is 878. The van der Waals surface area contributed by atoms with Crippen LogP contribution < -0.4 is 0 Å². The summed E-state index contributed by atoms with van der Waals surface area (Å²) in [5.41, 5.74) is 3.12. The number of halogens is 1. The molecule has 4 heteroatoms. The maximum Gasteiger partial charge on any atom is 0.164 e. The highest BCUT2D eigenvalue weighted by Crippen LogP contribution is 2.53. The third-order valence-corrected chi connectivity index (χ3v) is 5.86. The minimum atomic E-state index is -0.909. The number of fused-ring (bicyclic) bond motifs is 1. The van der Waals surface area contributed by atoms with Gasteiger partial charge in [0.25, 0.3) is 0 Å². The van der Waals surface area contributed by atoms with Crippen molar-refractivity contribution in [3.8, 4) is 0 Å². The minimum absolute atomic E-state index is 0.209. The third kappa shape index (κ3) is 2.65. The zero-order valence-electron chi connectivity index (χ0n) is 15.3. The second-order valence-corrected chi connectivity index (χ2v) is 8.29. The van der Waals surface area contributed by atoms with Gasteiger partial charge in [0.1, 0.15) is 28.9 Å². The van der Waals surface area contributed by atoms with Crippen LogP contribution in [0.2, 0.25) is 0 Å². The molecule has 0 aromatic heterocycles. The van der Waals surface area contributed by atoms with E-state index in [1.165, 1.54) is 0 Å². The lowest BCUT2D eigenvalue weighted by atomic mass is 9.79. The average molecular weight is 381 g/mol. The van der Waals surface area contributed by atoms with Crippen LogP contribution in [0.15, 0.2) is 78.6 Å². The maximum atomic E-state index is 7.21. The van der Waals surface area contributed by atoms with E-state index in [-0.39, 0.29) is 18.3 Å². The van der Waals surface area contributed by atoms with E-state index in [0.29, 0.717) is 0 Å². The summed E-state index contributed by atoms with van der Waals surface area (Å²) >= 11 is 7.21. The largest absolute Gasteiger partial charge is 0.485 e. The zero-order valence-corrected chi connectivity index (χ0v) is 16.0. The van der Waals surface area contributed by atoms with Crippen LogP contribution in [-0.2, 0) is 14.2 Å². The van der Waals surface area contributed by atoms with Crippen molar-refractivity contribution in [2.45, 2.75) is 42.8 Å². The summed E-state index contributed by atoms with van der Waals surface area (Å²) in [5, 5.41) is 0. The average Bonchev–Trinajstić information content (AvgIpc) is 3.02. The molecule has 0 radical (unpaired) electrons. The molecule has 0 spiro atoms. The van der Waals surface area contributed by atoms with Crippen LogP contribution in [0.1, 0.15) is 25.0 Å². The van der Waals surface area contributed by atoms with Gasteiger partial charge in [0.05, 0.1) is 0 Å². The monoisotopic (exact) mass is 380 g/mol. The van der Waals surface area contributed by atoms with Gasteiger partial charge in [0, 0.05) is 5.57 Å². The predicted molar refractivity (Wildman–Crippen MR) is 105 cm³/mol. The Kier molecular flexibility index (Phi) is 3.77. The molecule has 6 rings (SSSR count). The Morgan fingerprint density at radius 2 is 1.48 bits per heavy atom. The van der Waals surface area contributed by atoms with Gasteiger partial charge >= 0.3 is 0 Å². The molecular formula is C23H21ClO3. The van der Waals surface area contributed by atoms with E-state index in [1.807, 2.05) is 62.4 Å². The van der Waals surface area contributed by atoms with Gasteiger partial charge in [-0.2, -0.15) is 0 Å². The summed E-state index contributed by atoms with van der Waals surface area (Å²) in [5.74, 6) is 0.0506. The van der Waals surface area contributed by atoms with Gasteiger partial charge in [0.15, 0.2) is 5.79 Å². The molecule has 0 saturated carbocycles. The second-order valence-electron chi connectivity index (χ2n) is 7.67. The topological polar surface area (TPSA) is 27.7 Å². The van der Waals surface area contributed by atoms with Gasteiger partial charge in [-0.3, -0.25) is 0 Å². The summed E-state index contributed by atoms with van der Waals surface area (Å²) in [7, 11) is 0. The van der Waals surface area contributed by atoms with E-state index in [9.17, 15) is 0 Å². The number of ether oxygens (including phenoxy) is 3. The number of rotatable bonds is 2. The first-order chi connectivity index (χ1) is 13.0. The van der Waals surface area contributed by atoms with Crippen molar-refractivity contribution in [3.63, 3.8) is 0 Å². The van der Waals surface area contributed by atoms with Crippen LogP contribution in [0.3, 0.4) is 0 Å². The quantitative estimate of drug-likeness (QED) is 0.547. The van der Waals surface area contributed by atoms with Crippen LogP contribution in [0.4, 0.5) is 0 Å². The molecule has 4 unspecified atom stereocenters. The highest BCUT2D eigenvalue weighted by atomic mass is 35.5. The van der Waals surface area contributed by atoms with Crippen molar-refractivity contribution >= 4 is 17.2 Å². The highest BCUT2D eigenvalue weighted by molar-refractivity contribution is 6.28. The maximum absolute atomic E-state index is 7.21. The fourth-order valence-electron chi connectivity index (χ4n) is 4.22. The van der Waals surface area contributed by atoms with E-state index in [4.69, 9.17) is 25.8 Å². The van der Waals surface area contributed by atoms with Gasteiger partial charge < -0.3 is 14.2 Å². The second kappa shape index (κ2) is 5.96. The molecule has 2 saturated heterocycles. The number of hydrogen-bond donors (Lipinski definition) is 0. The van der Waals surface area contributed by atoms with Crippen LogP contribution in [0.5, 0.6) is 0 Å². The Balaban J connectivity index is 1.73. The molecule has 0 amide bonds. The van der Waals surface area contributed by atoms with Crippen molar-refractivity contribution < 1.29 is 14.2 Å². The normalized spacial score (nSPS) is 32.9. The van der Waals surface area contributed by atoms with Gasteiger partial charge in [0.2, 0.25) is 0 Å². The van der Waals surface area contributed by atoms with Crippen LogP contribution in [0.25, 0.3) is 5.57 Å². The molecule has 2 bridgehead atoms. The number of hydrogen-bond acceptors (Lipinski definition) is 3. The third-order valence-electron chi connectivity index (χ3n) is 5.35. The summed E-state index contributed by atoms with van der Waals surface area (Å²) in [4.78, 5) is -0.909. The standard InChI is InChI=1S/C23H21ClO3/c1-22(2)26-19-17-13-14-23(24,21(19)27-22)20(25-17)18(15-9-5-3-6-10-15)16-11-7-4-8-12-16/h3-14,17,19,21H,1-2H3. The molecule has 2 aromatic rings. The Morgan fingerprint density at radius 3 is 2.07 bits per heavy atom. The first-order valence-corrected chi connectivity index (χ1v) is 9.62. The van der Waals surface area contributed by atoms with Crippen molar-refractivity contribution in [2.75, 3.05) is 0 Å². The molecule has 3 nitrogen and oxygen atoms in total. The summed E-state index contributed by atoms with van der Waals surface area (Å²) in [6, 6.07) is 20.4. The van der Waals surface area contributed by atoms with E-state index in [1.54, 1.807) is 0 Å². The first-order valence-electron chi connectivity index (χ1n) is 9.24. The molecule has 2 fully saturated rings. The van der Waals surface area contributed by atoms with Gasteiger partial charge in [-0.15, -0.1) is 11.6 Å². The molecule has 138 valence electrons. The summed E-state index contributed by atoms with van der Waals surface area (Å²) in [6.07, 6.45) is 3.29. The molecule has 4 atom stereocenters. The molecule has 3 aliphatic heterocycles. The van der Waals surface area contributed by atoms with Gasteiger partial charge in [-0.1, -0.05) is 66.7 Å². The predicted octanol–water partition coefficient (Wildman–Crippen LogP) is 4.91. The van der Waals surface area contributed by atoms with Gasteiger partial charge in [-0.05, 0) is 31.1 Å². The van der Waals surface area contributed by atoms with Crippen LogP contribution >= 0.6 is 11.6 Å². The van der Waals surface area contributed by atoms with E-state index in [2.05, 4.69) is 24.3 Å². The summed E-state index contributed by atoms with van der Waals surface area (Å²) < 4.78 is 18.7. The van der Waals surface area contributed by atoms with Crippen molar-refractivity contribution in [3.05, 3.63) is 89.7 Å². The van der Waals surface area contributed by atoms with Crippen LogP contribution in [-0.4, -0.2) is 29.0 Å². The Hall–Kier alpha value is -2.07. The molecule has 1 aliphatic carbocycles. The SMILES string of the molecule is CC1(C)OC2C3C=CC(Cl)(C(=C(c4ccccc4)c4ccccc4)O3)C2O1. The van der Waals surface area contributed by atoms with Crippen molar-refractivity contribution in [1.82, 2.24) is 0 Å². The van der Waals surface area contributed by atoms with E-state index in [0.717, 1.165) is 22.5 Å².